The van der Waals surface area contributed by atoms with Crippen LogP contribution in [-0.4, -0.2) is 25.4 Å². The Morgan fingerprint density at radius 3 is 2.31 bits per heavy atom. The highest BCUT2D eigenvalue weighted by Gasteiger charge is 2.14. The molecule has 0 aromatic heterocycles. The Balaban J connectivity index is 3.35. The molecule has 0 aromatic rings. The van der Waals surface area contributed by atoms with E-state index >= 15 is 0 Å². The van der Waals surface area contributed by atoms with Gasteiger partial charge in [-0.05, 0) is 47.0 Å². The van der Waals surface area contributed by atoms with E-state index in [9.17, 15) is 0 Å². The Hall–Kier alpha value is -0.0800. The standard InChI is InChI=1S/C11H23O2/c1-10(13-11(2,3)4)8-6-7-9-12-5/h10H,1,6-9H2,2-5H3. The zero-order valence-electron chi connectivity index (χ0n) is 9.43. The van der Waals surface area contributed by atoms with Gasteiger partial charge in [0.25, 0.3) is 0 Å². The second kappa shape index (κ2) is 6.39. The maximum Gasteiger partial charge on any atom is 0.0602 e. The average molecular weight is 187 g/mol. The Kier molecular flexibility index (Phi) is 6.35. The van der Waals surface area contributed by atoms with E-state index in [1.807, 2.05) is 0 Å². The third kappa shape index (κ3) is 9.84. The average Bonchev–Trinajstić information content (AvgIpc) is 1.94. The largest absolute Gasteiger partial charge is 0.385 e. The van der Waals surface area contributed by atoms with Crippen molar-refractivity contribution in [1.82, 2.24) is 0 Å². The summed E-state index contributed by atoms with van der Waals surface area (Å²) < 4.78 is 10.6. The Bertz CT molecular complexity index is 116. The summed E-state index contributed by atoms with van der Waals surface area (Å²) in [4.78, 5) is 0. The van der Waals surface area contributed by atoms with Crippen molar-refractivity contribution in [1.29, 1.82) is 0 Å². The summed E-state index contributed by atoms with van der Waals surface area (Å²) in [6, 6.07) is 0. The lowest BCUT2D eigenvalue weighted by Crippen LogP contribution is -2.25. The molecule has 13 heavy (non-hydrogen) atoms. The predicted molar refractivity (Wildman–Crippen MR) is 55.7 cm³/mol. The van der Waals surface area contributed by atoms with Crippen LogP contribution in [-0.2, 0) is 9.47 Å². The second-order valence-corrected chi connectivity index (χ2v) is 4.34. The predicted octanol–water partition coefficient (Wildman–Crippen LogP) is 2.82. The normalized spacial score (nSPS) is 14.5. The highest BCUT2D eigenvalue weighted by atomic mass is 16.5. The van der Waals surface area contributed by atoms with Crippen molar-refractivity contribution in [3.8, 4) is 0 Å². The number of ether oxygens (including phenoxy) is 2. The van der Waals surface area contributed by atoms with Gasteiger partial charge in [0.2, 0.25) is 0 Å². The van der Waals surface area contributed by atoms with E-state index in [-0.39, 0.29) is 11.7 Å². The lowest BCUT2D eigenvalue weighted by molar-refractivity contribution is -0.0434. The van der Waals surface area contributed by atoms with E-state index in [4.69, 9.17) is 9.47 Å². The molecule has 0 fully saturated rings. The SMILES string of the molecule is [CH2]C(CCCCOC)OC(C)(C)C. The number of methoxy groups -OCH3 is 1. The second-order valence-electron chi connectivity index (χ2n) is 4.34. The number of rotatable bonds is 6. The summed E-state index contributed by atoms with van der Waals surface area (Å²) in [5.74, 6) is 0. The minimum absolute atomic E-state index is 0.0757. The van der Waals surface area contributed by atoms with Gasteiger partial charge in [0.1, 0.15) is 0 Å². The molecule has 0 aliphatic rings. The molecule has 0 rings (SSSR count). The van der Waals surface area contributed by atoms with Crippen LogP contribution in [0.25, 0.3) is 0 Å². The highest BCUT2D eigenvalue weighted by Crippen LogP contribution is 2.14. The fraction of sp³-hybridized carbons (Fsp3) is 0.909. The van der Waals surface area contributed by atoms with Gasteiger partial charge in [0, 0.05) is 13.7 Å². The summed E-state index contributed by atoms with van der Waals surface area (Å²) in [6.45, 7) is 11.0. The number of hydrogen-bond donors (Lipinski definition) is 0. The molecule has 0 heterocycles. The maximum atomic E-state index is 5.67. The van der Waals surface area contributed by atoms with Gasteiger partial charge in [-0.2, -0.15) is 0 Å². The zero-order chi connectivity index (χ0) is 10.3. The summed E-state index contributed by atoms with van der Waals surface area (Å²) >= 11 is 0. The van der Waals surface area contributed by atoms with Gasteiger partial charge in [0.05, 0.1) is 11.7 Å². The van der Waals surface area contributed by atoms with Gasteiger partial charge < -0.3 is 9.47 Å². The molecule has 0 aromatic carbocycles. The van der Waals surface area contributed by atoms with E-state index in [1.165, 1.54) is 0 Å². The van der Waals surface area contributed by atoms with Crippen LogP contribution < -0.4 is 0 Å². The van der Waals surface area contributed by atoms with Gasteiger partial charge in [-0.1, -0.05) is 0 Å². The first-order valence-electron chi connectivity index (χ1n) is 4.95. The lowest BCUT2D eigenvalue weighted by atomic mass is 10.1. The van der Waals surface area contributed by atoms with Crippen LogP contribution in [0, 0.1) is 6.92 Å². The molecular formula is C11H23O2. The third-order valence-corrected chi connectivity index (χ3v) is 1.64. The van der Waals surface area contributed by atoms with Crippen molar-refractivity contribution in [2.45, 2.75) is 51.7 Å². The quantitative estimate of drug-likeness (QED) is 0.595. The van der Waals surface area contributed by atoms with Gasteiger partial charge >= 0.3 is 0 Å². The summed E-state index contributed by atoms with van der Waals surface area (Å²) in [7, 11) is 1.73. The molecule has 0 N–H and O–H groups in total. The van der Waals surface area contributed by atoms with Crippen LogP contribution in [0.3, 0.4) is 0 Å². The summed E-state index contributed by atoms with van der Waals surface area (Å²) in [5.41, 5.74) is -0.0757. The van der Waals surface area contributed by atoms with Crippen molar-refractivity contribution in [3.63, 3.8) is 0 Å². The number of hydrogen-bond acceptors (Lipinski definition) is 2. The van der Waals surface area contributed by atoms with Crippen LogP contribution in [0.15, 0.2) is 0 Å². The maximum absolute atomic E-state index is 5.67. The van der Waals surface area contributed by atoms with Crippen molar-refractivity contribution in [3.05, 3.63) is 6.92 Å². The Morgan fingerprint density at radius 2 is 1.85 bits per heavy atom. The molecular weight excluding hydrogens is 164 g/mol. The lowest BCUT2D eigenvalue weighted by Gasteiger charge is -2.24. The molecule has 0 bridgehead atoms. The molecule has 79 valence electrons. The van der Waals surface area contributed by atoms with Crippen LogP contribution in [0.2, 0.25) is 0 Å². The fourth-order valence-electron chi connectivity index (χ4n) is 1.18. The first-order valence-corrected chi connectivity index (χ1v) is 4.95. The van der Waals surface area contributed by atoms with Crippen molar-refractivity contribution >= 4 is 0 Å². The van der Waals surface area contributed by atoms with E-state index in [2.05, 4.69) is 27.7 Å². The van der Waals surface area contributed by atoms with Crippen LogP contribution in [0.4, 0.5) is 0 Å². The monoisotopic (exact) mass is 187 g/mol. The van der Waals surface area contributed by atoms with Crippen molar-refractivity contribution in [2.75, 3.05) is 13.7 Å². The van der Waals surface area contributed by atoms with E-state index in [1.54, 1.807) is 7.11 Å². The van der Waals surface area contributed by atoms with E-state index in [0.717, 1.165) is 25.9 Å². The van der Waals surface area contributed by atoms with Crippen LogP contribution in [0.1, 0.15) is 40.0 Å². The van der Waals surface area contributed by atoms with Gasteiger partial charge in [0.15, 0.2) is 0 Å². The molecule has 1 unspecified atom stereocenters. The topological polar surface area (TPSA) is 18.5 Å². The highest BCUT2D eigenvalue weighted by molar-refractivity contribution is 4.67. The molecule has 0 aliphatic carbocycles. The van der Waals surface area contributed by atoms with E-state index in [0.29, 0.717) is 0 Å². The minimum atomic E-state index is -0.0757. The Labute approximate surface area is 82.6 Å². The molecule has 0 spiro atoms. The molecule has 0 saturated carbocycles. The Morgan fingerprint density at radius 1 is 1.23 bits per heavy atom. The van der Waals surface area contributed by atoms with Gasteiger partial charge in [-0.25, -0.2) is 0 Å². The van der Waals surface area contributed by atoms with Gasteiger partial charge in [-0.3, -0.25) is 0 Å². The molecule has 2 nitrogen and oxygen atoms in total. The molecule has 1 atom stereocenters. The van der Waals surface area contributed by atoms with Crippen LogP contribution in [0.5, 0.6) is 0 Å². The molecule has 1 radical (unpaired) electrons. The van der Waals surface area contributed by atoms with Crippen LogP contribution >= 0.6 is 0 Å². The number of unbranched alkanes of at least 4 members (excludes halogenated alkanes) is 1. The zero-order valence-corrected chi connectivity index (χ0v) is 9.43. The molecule has 0 aliphatic heterocycles. The summed E-state index contributed by atoms with van der Waals surface area (Å²) in [6.07, 6.45) is 3.34. The van der Waals surface area contributed by atoms with Gasteiger partial charge in [-0.15, -0.1) is 0 Å². The summed E-state index contributed by atoms with van der Waals surface area (Å²) in [5, 5.41) is 0. The first kappa shape index (κ1) is 12.9. The molecule has 2 heteroatoms. The van der Waals surface area contributed by atoms with E-state index < -0.39 is 0 Å². The van der Waals surface area contributed by atoms with Crippen molar-refractivity contribution in [2.24, 2.45) is 0 Å². The molecule has 0 amide bonds. The third-order valence-electron chi connectivity index (χ3n) is 1.64. The minimum Gasteiger partial charge on any atom is -0.385 e. The fourth-order valence-corrected chi connectivity index (χ4v) is 1.18. The molecule has 0 saturated heterocycles. The smallest absolute Gasteiger partial charge is 0.0602 e. The van der Waals surface area contributed by atoms with Crippen molar-refractivity contribution < 1.29 is 9.47 Å². The first-order chi connectivity index (χ1) is 5.95.